The van der Waals surface area contributed by atoms with Gasteiger partial charge in [-0.2, -0.15) is 0 Å². The van der Waals surface area contributed by atoms with E-state index in [1.54, 1.807) is 12.0 Å². The summed E-state index contributed by atoms with van der Waals surface area (Å²) >= 11 is 0. The molecule has 0 saturated carbocycles. The summed E-state index contributed by atoms with van der Waals surface area (Å²) in [6.45, 7) is 1.21. The van der Waals surface area contributed by atoms with Crippen molar-refractivity contribution in [3.05, 3.63) is 60.2 Å². The summed E-state index contributed by atoms with van der Waals surface area (Å²) in [7, 11) is 1.61. The molecule has 0 spiro atoms. The van der Waals surface area contributed by atoms with E-state index in [0.29, 0.717) is 19.5 Å². The molecular formula is C20H22N2O4. The van der Waals surface area contributed by atoms with Crippen molar-refractivity contribution in [2.45, 2.75) is 13.0 Å². The highest BCUT2D eigenvalue weighted by molar-refractivity contribution is 5.95. The van der Waals surface area contributed by atoms with Crippen LogP contribution in [0.4, 0.5) is 10.5 Å². The smallest absolute Gasteiger partial charge is 0.407 e. The van der Waals surface area contributed by atoms with Crippen molar-refractivity contribution in [2.24, 2.45) is 5.92 Å². The summed E-state index contributed by atoms with van der Waals surface area (Å²) in [5, 5.41) is 2.75. The molecule has 0 aliphatic carbocycles. The molecule has 0 bridgehead atoms. The molecule has 1 aliphatic rings. The number of nitrogens with zero attached hydrogens (tertiary/aromatic N) is 1. The Bertz CT molecular complexity index is 746. The lowest BCUT2D eigenvalue weighted by atomic mass is 10.1. The van der Waals surface area contributed by atoms with Gasteiger partial charge in [0.25, 0.3) is 0 Å². The number of carbonyl (C=O) groups is 2. The number of amides is 2. The van der Waals surface area contributed by atoms with Crippen molar-refractivity contribution in [2.75, 3.05) is 25.1 Å². The van der Waals surface area contributed by atoms with Gasteiger partial charge < -0.3 is 19.7 Å². The third-order valence-electron chi connectivity index (χ3n) is 4.34. The Balaban J connectivity index is 1.45. The zero-order valence-electron chi connectivity index (χ0n) is 14.7. The second-order valence-electron chi connectivity index (χ2n) is 6.22. The number of anilines is 1. The van der Waals surface area contributed by atoms with E-state index in [1.165, 1.54) is 0 Å². The van der Waals surface area contributed by atoms with Crippen LogP contribution in [-0.2, 0) is 16.1 Å². The fourth-order valence-corrected chi connectivity index (χ4v) is 2.93. The van der Waals surface area contributed by atoms with E-state index in [9.17, 15) is 9.59 Å². The van der Waals surface area contributed by atoms with Crippen molar-refractivity contribution in [3.63, 3.8) is 0 Å². The molecule has 6 heteroatoms. The number of rotatable bonds is 6. The largest absolute Gasteiger partial charge is 0.497 e. The molecule has 0 radical (unpaired) electrons. The lowest BCUT2D eigenvalue weighted by Crippen LogP contribution is -2.31. The first-order chi connectivity index (χ1) is 12.7. The van der Waals surface area contributed by atoms with E-state index in [1.807, 2.05) is 54.6 Å². The number of hydrogen-bond acceptors (Lipinski definition) is 4. The molecule has 1 saturated heterocycles. The molecule has 1 aliphatic heterocycles. The van der Waals surface area contributed by atoms with Crippen LogP contribution < -0.4 is 15.0 Å². The summed E-state index contributed by atoms with van der Waals surface area (Å²) in [6.07, 6.45) is -0.0606. The third kappa shape index (κ3) is 4.53. The van der Waals surface area contributed by atoms with Gasteiger partial charge >= 0.3 is 6.09 Å². The van der Waals surface area contributed by atoms with Crippen LogP contribution in [0.3, 0.4) is 0 Å². The predicted molar refractivity (Wildman–Crippen MR) is 98.1 cm³/mol. The summed E-state index contributed by atoms with van der Waals surface area (Å²) in [5.41, 5.74) is 1.77. The van der Waals surface area contributed by atoms with Crippen molar-refractivity contribution < 1.29 is 19.1 Å². The molecule has 2 aromatic rings. The highest BCUT2D eigenvalue weighted by Gasteiger charge is 2.30. The van der Waals surface area contributed by atoms with E-state index < -0.39 is 6.09 Å². The van der Waals surface area contributed by atoms with Gasteiger partial charge in [0.05, 0.1) is 7.11 Å². The van der Waals surface area contributed by atoms with Gasteiger partial charge in [0.1, 0.15) is 12.4 Å². The van der Waals surface area contributed by atoms with Gasteiger partial charge in [0, 0.05) is 31.1 Å². The summed E-state index contributed by atoms with van der Waals surface area (Å²) in [5.74, 6) is 0.869. The van der Waals surface area contributed by atoms with Crippen LogP contribution >= 0.6 is 0 Å². The predicted octanol–water partition coefficient (Wildman–Crippen LogP) is 2.97. The zero-order valence-corrected chi connectivity index (χ0v) is 14.7. The lowest BCUT2D eigenvalue weighted by molar-refractivity contribution is -0.117. The topological polar surface area (TPSA) is 67.9 Å². The molecule has 26 heavy (non-hydrogen) atoms. The zero-order chi connectivity index (χ0) is 18.4. The fraction of sp³-hybridized carbons (Fsp3) is 0.300. The molecule has 0 aromatic heterocycles. The van der Waals surface area contributed by atoms with Crippen LogP contribution in [0.5, 0.6) is 5.75 Å². The second-order valence-corrected chi connectivity index (χ2v) is 6.22. The summed E-state index contributed by atoms with van der Waals surface area (Å²) in [4.78, 5) is 25.8. The molecule has 2 amide bonds. The van der Waals surface area contributed by atoms with Crippen LogP contribution in [0.2, 0.25) is 0 Å². The minimum atomic E-state index is -0.468. The van der Waals surface area contributed by atoms with Crippen LogP contribution in [0.15, 0.2) is 54.6 Å². The average Bonchev–Trinajstić information content (AvgIpc) is 3.06. The third-order valence-corrected chi connectivity index (χ3v) is 4.34. The van der Waals surface area contributed by atoms with Gasteiger partial charge in [-0.15, -0.1) is 0 Å². The standard InChI is InChI=1S/C20H22N2O4/c1-25-18-9-7-17(8-10-18)22-13-16(11-19(22)23)12-21-20(24)26-14-15-5-3-2-4-6-15/h2-10,16H,11-14H2,1H3,(H,21,24). The van der Waals surface area contributed by atoms with Gasteiger partial charge in [0.15, 0.2) is 0 Å². The van der Waals surface area contributed by atoms with Gasteiger partial charge in [-0.1, -0.05) is 30.3 Å². The quantitative estimate of drug-likeness (QED) is 0.866. The van der Waals surface area contributed by atoms with Crippen LogP contribution in [0.25, 0.3) is 0 Å². The number of benzene rings is 2. The van der Waals surface area contributed by atoms with Gasteiger partial charge in [0.2, 0.25) is 5.91 Å². The number of nitrogens with one attached hydrogen (secondary N) is 1. The Labute approximate surface area is 152 Å². The van der Waals surface area contributed by atoms with Crippen LogP contribution in [0.1, 0.15) is 12.0 Å². The Hall–Kier alpha value is -3.02. The number of methoxy groups -OCH3 is 1. The Kier molecular flexibility index (Phi) is 5.73. The SMILES string of the molecule is COc1ccc(N2CC(CNC(=O)OCc3ccccc3)CC2=O)cc1. The monoisotopic (exact) mass is 354 g/mol. The Morgan fingerprint density at radius 3 is 2.58 bits per heavy atom. The lowest BCUT2D eigenvalue weighted by Gasteiger charge is -2.17. The van der Waals surface area contributed by atoms with Crippen molar-refractivity contribution in [1.29, 1.82) is 0 Å². The van der Waals surface area contributed by atoms with E-state index in [-0.39, 0.29) is 18.4 Å². The highest BCUT2D eigenvalue weighted by Crippen LogP contribution is 2.26. The summed E-state index contributed by atoms with van der Waals surface area (Å²) < 4.78 is 10.3. The minimum absolute atomic E-state index is 0.0552. The van der Waals surface area contributed by atoms with Gasteiger partial charge in [-0.05, 0) is 29.8 Å². The molecule has 1 N–H and O–H groups in total. The van der Waals surface area contributed by atoms with E-state index in [4.69, 9.17) is 9.47 Å². The van der Waals surface area contributed by atoms with Crippen molar-refractivity contribution >= 4 is 17.7 Å². The molecule has 1 unspecified atom stereocenters. The molecule has 2 aromatic carbocycles. The second kappa shape index (κ2) is 8.38. The number of alkyl carbamates (subject to hydrolysis) is 1. The molecule has 1 atom stereocenters. The van der Waals surface area contributed by atoms with Crippen molar-refractivity contribution in [1.82, 2.24) is 5.32 Å². The minimum Gasteiger partial charge on any atom is -0.497 e. The number of ether oxygens (including phenoxy) is 2. The molecule has 6 nitrogen and oxygen atoms in total. The van der Waals surface area contributed by atoms with Gasteiger partial charge in [-0.25, -0.2) is 4.79 Å². The number of carbonyl (C=O) groups excluding carboxylic acids is 2. The highest BCUT2D eigenvalue weighted by atomic mass is 16.5. The molecule has 1 fully saturated rings. The molecule has 136 valence electrons. The average molecular weight is 354 g/mol. The maximum atomic E-state index is 12.2. The molecule has 3 rings (SSSR count). The Morgan fingerprint density at radius 2 is 1.88 bits per heavy atom. The summed E-state index contributed by atoms with van der Waals surface area (Å²) in [6, 6.07) is 16.9. The van der Waals surface area contributed by atoms with Crippen LogP contribution in [-0.4, -0.2) is 32.2 Å². The first-order valence-corrected chi connectivity index (χ1v) is 8.54. The maximum absolute atomic E-state index is 12.2. The maximum Gasteiger partial charge on any atom is 0.407 e. The molecule has 1 heterocycles. The van der Waals surface area contributed by atoms with E-state index in [2.05, 4.69) is 5.32 Å². The van der Waals surface area contributed by atoms with E-state index in [0.717, 1.165) is 17.0 Å². The first-order valence-electron chi connectivity index (χ1n) is 8.54. The Morgan fingerprint density at radius 1 is 1.15 bits per heavy atom. The number of hydrogen-bond donors (Lipinski definition) is 1. The van der Waals surface area contributed by atoms with E-state index >= 15 is 0 Å². The van der Waals surface area contributed by atoms with Gasteiger partial charge in [-0.3, -0.25) is 4.79 Å². The molecular weight excluding hydrogens is 332 g/mol. The van der Waals surface area contributed by atoms with Crippen molar-refractivity contribution in [3.8, 4) is 5.75 Å². The first kappa shape index (κ1) is 17.8. The van der Waals surface area contributed by atoms with Crippen LogP contribution in [0, 0.1) is 5.92 Å². The fourth-order valence-electron chi connectivity index (χ4n) is 2.93. The normalized spacial score (nSPS) is 16.4.